The number of benzene rings is 1. The molecule has 0 saturated carbocycles. The van der Waals surface area contributed by atoms with Crippen LogP contribution in [0.1, 0.15) is 18.9 Å². The van der Waals surface area contributed by atoms with Crippen molar-refractivity contribution in [2.45, 2.75) is 25.8 Å². The van der Waals surface area contributed by atoms with E-state index in [2.05, 4.69) is 30.4 Å². The molecule has 0 saturated heterocycles. The van der Waals surface area contributed by atoms with Crippen molar-refractivity contribution in [2.24, 2.45) is 5.92 Å². The summed E-state index contributed by atoms with van der Waals surface area (Å²) in [6, 6.07) is 8.92. The first-order valence-corrected chi connectivity index (χ1v) is 5.73. The smallest absolute Gasteiger partial charge is 0.122 e. The molecule has 2 rings (SSSR count). The van der Waals surface area contributed by atoms with Crippen LogP contribution in [0.25, 0.3) is 0 Å². The molecule has 0 aliphatic carbocycles. The zero-order valence-corrected chi connectivity index (χ0v) is 9.49. The summed E-state index contributed by atoms with van der Waals surface area (Å²) in [5.41, 5.74) is 1.35. The monoisotopic (exact) mass is 205 g/mol. The first kappa shape index (κ1) is 10.5. The van der Waals surface area contributed by atoms with Crippen molar-refractivity contribution in [3.05, 3.63) is 29.8 Å². The summed E-state index contributed by atoms with van der Waals surface area (Å²) < 4.78 is 5.78. The van der Waals surface area contributed by atoms with Gasteiger partial charge in [-0.1, -0.05) is 25.1 Å². The van der Waals surface area contributed by atoms with Crippen LogP contribution in [-0.2, 0) is 6.42 Å². The van der Waals surface area contributed by atoms with E-state index in [1.807, 2.05) is 13.1 Å². The van der Waals surface area contributed by atoms with Gasteiger partial charge in [-0.25, -0.2) is 0 Å². The van der Waals surface area contributed by atoms with Crippen molar-refractivity contribution < 1.29 is 4.74 Å². The Kier molecular flexibility index (Phi) is 3.27. The van der Waals surface area contributed by atoms with E-state index in [1.165, 1.54) is 5.56 Å². The van der Waals surface area contributed by atoms with Gasteiger partial charge in [0.1, 0.15) is 5.75 Å². The number of ether oxygens (including phenoxy) is 1. The third-order valence-electron chi connectivity index (χ3n) is 3.29. The van der Waals surface area contributed by atoms with E-state index in [-0.39, 0.29) is 0 Å². The van der Waals surface area contributed by atoms with E-state index in [0.717, 1.165) is 25.2 Å². The number of para-hydroxylation sites is 1. The summed E-state index contributed by atoms with van der Waals surface area (Å²) in [6.07, 6.45) is 2.29. The average molecular weight is 205 g/mol. The third kappa shape index (κ3) is 2.15. The lowest BCUT2D eigenvalue weighted by Gasteiger charge is -2.30. The van der Waals surface area contributed by atoms with Crippen molar-refractivity contribution in [1.82, 2.24) is 5.32 Å². The molecule has 0 bridgehead atoms. The fourth-order valence-corrected chi connectivity index (χ4v) is 2.38. The molecule has 1 N–H and O–H groups in total. The summed E-state index contributed by atoms with van der Waals surface area (Å²) in [6.45, 7) is 3.07. The number of hydrogen-bond acceptors (Lipinski definition) is 2. The maximum absolute atomic E-state index is 5.78. The van der Waals surface area contributed by atoms with Crippen molar-refractivity contribution in [3.8, 4) is 5.75 Å². The van der Waals surface area contributed by atoms with Gasteiger partial charge in [-0.05, 0) is 31.5 Å². The molecular formula is C13H19NO. The van der Waals surface area contributed by atoms with Crippen molar-refractivity contribution in [1.29, 1.82) is 0 Å². The number of fused-ring (bicyclic) bond motifs is 1. The predicted molar refractivity (Wildman–Crippen MR) is 62.3 cm³/mol. The fraction of sp³-hybridized carbons (Fsp3) is 0.538. The summed E-state index contributed by atoms with van der Waals surface area (Å²) in [5.74, 6) is 1.68. The molecule has 1 heterocycles. The fourth-order valence-electron chi connectivity index (χ4n) is 2.38. The number of rotatable bonds is 3. The quantitative estimate of drug-likeness (QED) is 0.817. The number of hydrogen-bond donors (Lipinski definition) is 1. The molecule has 0 aromatic heterocycles. The molecule has 2 nitrogen and oxygen atoms in total. The molecule has 1 aromatic carbocycles. The second-order valence-electron chi connectivity index (χ2n) is 4.19. The van der Waals surface area contributed by atoms with Crippen LogP contribution in [0.15, 0.2) is 24.3 Å². The van der Waals surface area contributed by atoms with E-state index in [4.69, 9.17) is 4.74 Å². The molecule has 1 aromatic rings. The van der Waals surface area contributed by atoms with Crippen molar-refractivity contribution in [3.63, 3.8) is 0 Å². The van der Waals surface area contributed by atoms with Gasteiger partial charge in [0.2, 0.25) is 0 Å². The molecular weight excluding hydrogens is 186 g/mol. The molecule has 0 spiro atoms. The Bertz CT molecular complexity index is 320. The van der Waals surface area contributed by atoms with E-state index >= 15 is 0 Å². The average Bonchev–Trinajstić information content (AvgIpc) is 2.30. The lowest BCUT2D eigenvalue weighted by molar-refractivity contribution is 0.185. The van der Waals surface area contributed by atoms with Gasteiger partial charge in [-0.15, -0.1) is 0 Å². The maximum Gasteiger partial charge on any atom is 0.122 e. The van der Waals surface area contributed by atoms with Crippen LogP contribution < -0.4 is 10.1 Å². The van der Waals surface area contributed by atoms with Crippen LogP contribution >= 0.6 is 0 Å². The first-order chi connectivity index (χ1) is 7.35. The second kappa shape index (κ2) is 4.67. The standard InChI is InChI=1S/C13H19NO/c1-3-12(14-2)11-8-10-6-4-5-7-13(10)15-9-11/h4-7,11-12,14H,3,8-9H2,1-2H3. The number of nitrogens with one attached hydrogen (secondary N) is 1. The Morgan fingerprint density at radius 3 is 3.00 bits per heavy atom. The topological polar surface area (TPSA) is 21.3 Å². The highest BCUT2D eigenvalue weighted by Gasteiger charge is 2.24. The van der Waals surface area contributed by atoms with Crippen LogP contribution in [0.3, 0.4) is 0 Å². The van der Waals surface area contributed by atoms with Crippen LogP contribution in [0.4, 0.5) is 0 Å². The molecule has 1 aliphatic rings. The summed E-state index contributed by atoms with van der Waals surface area (Å²) in [7, 11) is 2.04. The molecule has 2 unspecified atom stereocenters. The van der Waals surface area contributed by atoms with Gasteiger partial charge in [0.25, 0.3) is 0 Å². The summed E-state index contributed by atoms with van der Waals surface area (Å²) in [4.78, 5) is 0. The molecule has 0 radical (unpaired) electrons. The highest BCUT2D eigenvalue weighted by atomic mass is 16.5. The van der Waals surface area contributed by atoms with Crippen molar-refractivity contribution in [2.75, 3.05) is 13.7 Å². The van der Waals surface area contributed by atoms with E-state index in [9.17, 15) is 0 Å². The molecule has 2 heteroatoms. The Balaban J connectivity index is 2.11. The lowest BCUT2D eigenvalue weighted by Crippen LogP contribution is -2.39. The van der Waals surface area contributed by atoms with E-state index < -0.39 is 0 Å². The Hall–Kier alpha value is -1.02. The zero-order valence-electron chi connectivity index (χ0n) is 9.49. The summed E-state index contributed by atoms with van der Waals surface area (Å²) >= 11 is 0. The van der Waals surface area contributed by atoms with Crippen LogP contribution in [0, 0.1) is 5.92 Å². The highest BCUT2D eigenvalue weighted by Crippen LogP contribution is 2.28. The summed E-state index contributed by atoms with van der Waals surface area (Å²) in [5, 5.41) is 3.37. The minimum atomic E-state index is 0.568. The molecule has 0 fully saturated rings. The van der Waals surface area contributed by atoms with Gasteiger partial charge in [0.15, 0.2) is 0 Å². The molecule has 0 amide bonds. The lowest BCUT2D eigenvalue weighted by atomic mass is 9.89. The van der Waals surface area contributed by atoms with Crippen LogP contribution in [-0.4, -0.2) is 19.7 Å². The third-order valence-corrected chi connectivity index (χ3v) is 3.29. The Morgan fingerprint density at radius 2 is 2.27 bits per heavy atom. The largest absolute Gasteiger partial charge is 0.493 e. The van der Waals surface area contributed by atoms with Gasteiger partial charge in [-0.2, -0.15) is 0 Å². The van der Waals surface area contributed by atoms with Gasteiger partial charge in [-0.3, -0.25) is 0 Å². The van der Waals surface area contributed by atoms with Gasteiger partial charge < -0.3 is 10.1 Å². The minimum Gasteiger partial charge on any atom is -0.493 e. The Morgan fingerprint density at radius 1 is 1.47 bits per heavy atom. The SMILES string of the molecule is CCC(NC)C1COc2ccccc2C1. The Labute approximate surface area is 91.6 Å². The van der Waals surface area contributed by atoms with Gasteiger partial charge in [0, 0.05) is 12.0 Å². The zero-order chi connectivity index (χ0) is 10.7. The normalized spacial score (nSPS) is 21.6. The molecule has 82 valence electrons. The van der Waals surface area contributed by atoms with E-state index in [0.29, 0.717) is 12.0 Å². The van der Waals surface area contributed by atoms with Crippen LogP contribution in [0.2, 0.25) is 0 Å². The maximum atomic E-state index is 5.78. The second-order valence-corrected chi connectivity index (χ2v) is 4.19. The minimum absolute atomic E-state index is 0.568. The van der Waals surface area contributed by atoms with E-state index in [1.54, 1.807) is 0 Å². The van der Waals surface area contributed by atoms with Crippen LogP contribution in [0.5, 0.6) is 5.75 Å². The first-order valence-electron chi connectivity index (χ1n) is 5.73. The molecule has 15 heavy (non-hydrogen) atoms. The van der Waals surface area contributed by atoms with Crippen molar-refractivity contribution >= 4 is 0 Å². The highest BCUT2D eigenvalue weighted by molar-refractivity contribution is 5.35. The van der Waals surface area contributed by atoms with Gasteiger partial charge in [0.05, 0.1) is 6.61 Å². The van der Waals surface area contributed by atoms with Gasteiger partial charge >= 0.3 is 0 Å². The molecule has 1 aliphatic heterocycles. The molecule has 2 atom stereocenters. The predicted octanol–water partition coefficient (Wildman–Crippen LogP) is 2.24.